The Bertz CT molecular complexity index is 559. The molecule has 0 aliphatic rings. The number of hydrogen-bond donors (Lipinski definition) is 1. The van der Waals surface area contributed by atoms with Crippen LogP contribution in [0.3, 0.4) is 0 Å². The standard InChI is InChI=1S/C18H22O/c1-4-14-10-6-7-11-15(14)18(3,5-2)16-12-8-9-13-17(16)19/h6-13,19H,4-5H2,1-3H3. The van der Waals surface area contributed by atoms with Gasteiger partial charge in [-0.25, -0.2) is 0 Å². The van der Waals surface area contributed by atoms with E-state index in [4.69, 9.17) is 0 Å². The van der Waals surface area contributed by atoms with Crippen LogP contribution in [0.1, 0.15) is 43.9 Å². The average Bonchev–Trinajstić information content (AvgIpc) is 2.47. The van der Waals surface area contributed by atoms with Crippen molar-refractivity contribution in [2.24, 2.45) is 0 Å². The van der Waals surface area contributed by atoms with E-state index in [1.165, 1.54) is 11.1 Å². The Hall–Kier alpha value is -1.76. The summed E-state index contributed by atoms with van der Waals surface area (Å²) in [5.74, 6) is 0.387. The predicted molar refractivity (Wildman–Crippen MR) is 80.7 cm³/mol. The lowest BCUT2D eigenvalue weighted by molar-refractivity contribution is 0.440. The first-order valence-electron chi connectivity index (χ1n) is 7.00. The van der Waals surface area contributed by atoms with E-state index in [-0.39, 0.29) is 5.41 Å². The molecule has 0 aliphatic carbocycles. The fraction of sp³-hybridized carbons (Fsp3) is 0.333. The van der Waals surface area contributed by atoms with E-state index >= 15 is 0 Å². The smallest absolute Gasteiger partial charge is 0.119 e. The normalized spacial score (nSPS) is 14.1. The zero-order valence-electron chi connectivity index (χ0n) is 12.0. The van der Waals surface area contributed by atoms with Crippen LogP contribution >= 0.6 is 0 Å². The Morgan fingerprint density at radius 3 is 2.05 bits per heavy atom. The van der Waals surface area contributed by atoms with Crippen molar-refractivity contribution in [3.8, 4) is 5.75 Å². The Morgan fingerprint density at radius 1 is 0.895 bits per heavy atom. The molecule has 1 unspecified atom stereocenters. The largest absolute Gasteiger partial charge is 0.508 e. The Balaban J connectivity index is 2.63. The van der Waals surface area contributed by atoms with Gasteiger partial charge in [0.05, 0.1) is 0 Å². The van der Waals surface area contributed by atoms with Crippen LogP contribution in [-0.4, -0.2) is 5.11 Å². The lowest BCUT2D eigenvalue weighted by atomic mass is 9.72. The van der Waals surface area contributed by atoms with Crippen molar-refractivity contribution in [3.63, 3.8) is 0 Å². The highest BCUT2D eigenvalue weighted by molar-refractivity contribution is 5.48. The predicted octanol–water partition coefficient (Wildman–Crippen LogP) is 4.67. The van der Waals surface area contributed by atoms with Gasteiger partial charge in [0.2, 0.25) is 0 Å². The van der Waals surface area contributed by atoms with Crippen LogP contribution in [0.4, 0.5) is 0 Å². The Kier molecular flexibility index (Phi) is 3.94. The first kappa shape index (κ1) is 13.7. The molecule has 0 radical (unpaired) electrons. The van der Waals surface area contributed by atoms with E-state index in [1.807, 2.05) is 18.2 Å². The molecule has 2 aromatic carbocycles. The maximum Gasteiger partial charge on any atom is 0.119 e. The molecule has 100 valence electrons. The van der Waals surface area contributed by atoms with Crippen LogP contribution in [0.2, 0.25) is 0 Å². The molecule has 0 bridgehead atoms. The van der Waals surface area contributed by atoms with Crippen LogP contribution < -0.4 is 0 Å². The summed E-state index contributed by atoms with van der Waals surface area (Å²) >= 11 is 0. The summed E-state index contributed by atoms with van der Waals surface area (Å²) in [6.07, 6.45) is 1.97. The van der Waals surface area contributed by atoms with Gasteiger partial charge in [-0.05, 0) is 30.0 Å². The van der Waals surface area contributed by atoms with Crippen LogP contribution in [0, 0.1) is 0 Å². The van der Waals surface area contributed by atoms with Gasteiger partial charge >= 0.3 is 0 Å². The third kappa shape index (κ3) is 2.37. The van der Waals surface area contributed by atoms with Crippen molar-refractivity contribution in [2.45, 2.75) is 39.0 Å². The minimum absolute atomic E-state index is 0.141. The summed E-state index contributed by atoms with van der Waals surface area (Å²) in [6.45, 7) is 6.58. The van der Waals surface area contributed by atoms with E-state index in [0.29, 0.717) is 5.75 Å². The van der Waals surface area contributed by atoms with Crippen molar-refractivity contribution < 1.29 is 5.11 Å². The van der Waals surface area contributed by atoms with Crippen molar-refractivity contribution in [2.75, 3.05) is 0 Å². The highest BCUT2D eigenvalue weighted by atomic mass is 16.3. The quantitative estimate of drug-likeness (QED) is 0.840. The van der Waals surface area contributed by atoms with E-state index in [9.17, 15) is 5.11 Å². The molecule has 2 rings (SSSR count). The molecule has 0 saturated heterocycles. The van der Waals surface area contributed by atoms with Gasteiger partial charge in [0, 0.05) is 11.0 Å². The van der Waals surface area contributed by atoms with Crippen LogP contribution in [0.15, 0.2) is 48.5 Å². The fourth-order valence-electron chi connectivity index (χ4n) is 2.83. The minimum Gasteiger partial charge on any atom is -0.508 e. The van der Waals surface area contributed by atoms with Crippen molar-refractivity contribution in [3.05, 3.63) is 65.2 Å². The Morgan fingerprint density at radius 2 is 1.47 bits per heavy atom. The summed E-state index contributed by atoms with van der Waals surface area (Å²) < 4.78 is 0. The summed E-state index contributed by atoms with van der Waals surface area (Å²) in [7, 11) is 0. The first-order valence-corrected chi connectivity index (χ1v) is 7.00. The monoisotopic (exact) mass is 254 g/mol. The molecule has 0 fully saturated rings. The average molecular weight is 254 g/mol. The minimum atomic E-state index is -0.141. The van der Waals surface area contributed by atoms with E-state index < -0.39 is 0 Å². The number of phenols is 1. The van der Waals surface area contributed by atoms with Gasteiger partial charge < -0.3 is 5.11 Å². The maximum atomic E-state index is 10.2. The third-order valence-electron chi connectivity index (χ3n) is 4.20. The van der Waals surface area contributed by atoms with Crippen molar-refractivity contribution >= 4 is 0 Å². The number of para-hydroxylation sites is 1. The second kappa shape index (κ2) is 5.48. The molecule has 1 atom stereocenters. The topological polar surface area (TPSA) is 20.2 Å². The summed E-state index contributed by atoms with van der Waals surface area (Å²) in [6, 6.07) is 16.2. The van der Waals surface area contributed by atoms with Crippen LogP contribution in [-0.2, 0) is 11.8 Å². The molecule has 1 N–H and O–H groups in total. The van der Waals surface area contributed by atoms with E-state index in [1.54, 1.807) is 6.07 Å². The lowest BCUT2D eigenvalue weighted by Crippen LogP contribution is -2.24. The van der Waals surface area contributed by atoms with Gasteiger partial charge in [-0.3, -0.25) is 0 Å². The van der Waals surface area contributed by atoms with Crippen LogP contribution in [0.5, 0.6) is 5.75 Å². The van der Waals surface area contributed by atoms with E-state index in [0.717, 1.165) is 18.4 Å². The second-order valence-corrected chi connectivity index (χ2v) is 5.21. The highest BCUT2D eigenvalue weighted by Gasteiger charge is 2.30. The summed E-state index contributed by atoms with van der Waals surface area (Å²) in [4.78, 5) is 0. The highest BCUT2D eigenvalue weighted by Crippen LogP contribution is 2.41. The van der Waals surface area contributed by atoms with Gasteiger partial charge in [-0.15, -0.1) is 0 Å². The Labute approximate surface area is 115 Å². The van der Waals surface area contributed by atoms with Crippen molar-refractivity contribution in [1.29, 1.82) is 0 Å². The molecule has 1 nitrogen and oxygen atoms in total. The van der Waals surface area contributed by atoms with Crippen molar-refractivity contribution in [1.82, 2.24) is 0 Å². The van der Waals surface area contributed by atoms with Gasteiger partial charge in [-0.2, -0.15) is 0 Å². The molecule has 0 amide bonds. The number of aromatic hydroxyl groups is 1. The van der Waals surface area contributed by atoms with Crippen LogP contribution in [0.25, 0.3) is 0 Å². The molecule has 0 heterocycles. The second-order valence-electron chi connectivity index (χ2n) is 5.21. The van der Waals surface area contributed by atoms with E-state index in [2.05, 4.69) is 45.0 Å². The molecule has 1 heteroatoms. The summed E-state index contributed by atoms with van der Waals surface area (Å²) in [5, 5.41) is 10.2. The SMILES string of the molecule is CCc1ccccc1C(C)(CC)c1ccccc1O. The number of phenolic OH excluding ortho intramolecular Hbond substituents is 1. The summed E-state index contributed by atoms with van der Waals surface area (Å²) in [5.41, 5.74) is 3.55. The molecule has 0 saturated carbocycles. The molecule has 0 aliphatic heterocycles. The zero-order valence-corrected chi connectivity index (χ0v) is 12.0. The first-order chi connectivity index (χ1) is 9.13. The molecule has 19 heavy (non-hydrogen) atoms. The third-order valence-corrected chi connectivity index (χ3v) is 4.20. The molecular weight excluding hydrogens is 232 g/mol. The number of aryl methyl sites for hydroxylation is 1. The fourth-order valence-corrected chi connectivity index (χ4v) is 2.83. The molecular formula is C18H22O. The molecule has 0 spiro atoms. The number of hydrogen-bond acceptors (Lipinski definition) is 1. The van der Waals surface area contributed by atoms with Gasteiger partial charge in [-0.1, -0.05) is 63.2 Å². The lowest BCUT2D eigenvalue weighted by Gasteiger charge is -2.32. The van der Waals surface area contributed by atoms with Gasteiger partial charge in [0.1, 0.15) is 5.75 Å². The number of benzene rings is 2. The molecule has 2 aromatic rings. The van der Waals surface area contributed by atoms with Gasteiger partial charge in [0.15, 0.2) is 0 Å². The molecule has 0 aromatic heterocycles. The number of rotatable bonds is 4. The maximum absolute atomic E-state index is 10.2. The zero-order chi connectivity index (χ0) is 13.9. The van der Waals surface area contributed by atoms with Gasteiger partial charge in [0.25, 0.3) is 0 Å².